The number of piperidine rings is 1. The molecule has 0 radical (unpaired) electrons. The highest BCUT2D eigenvalue weighted by Crippen LogP contribution is 2.31. The zero-order valence-corrected chi connectivity index (χ0v) is 18.2. The van der Waals surface area contributed by atoms with Gasteiger partial charge in [0.1, 0.15) is 5.75 Å². The minimum Gasteiger partial charge on any atom is -0.495 e. The van der Waals surface area contributed by atoms with Crippen molar-refractivity contribution in [3.8, 4) is 5.75 Å². The summed E-state index contributed by atoms with van der Waals surface area (Å²) in [5, 5.41) is 9.22. The molecule has 0 bridgehead atoms. The van der Waals surface area contributed by atoms with Gasteiger partial charge in [0.05, 0.1) is 12.8 Å². The first-order valence-electron chi connectivity index (χ1n) is 11.0. The van der Waals surface area contributed by atoms with E-state index in [0.717, 1.165) is 64.4 Å². The molecular formula is C23H37N3O3. The predicted octanol–water partition coefficient (Wildman–Crippen LogP) is 3.03. The van der Waals surface area contributed by atoms with Gasteiger partial charge in [0.2, 0.25) is 0 Å². The number of hydrogen-bond donors (Lipinski definition) is 1. The second-order valence-corrected chi connectivity index (χ2v) is 8.90. The van der Waals surface area contributed by atoms with Crippen molar-refractivity contribution in [2.75, 3.05) is 57.8 Å². The number of nitrogens with zero attached hydrogens (tertiary/aromatic N) is 3. The van der Waals surface area contributed by atoms with Crippen molar-refractivity contribution in [2.24, 2.45) is 11.8 Å². The standard InChI is InChI=1S/C23H37N3O3/c1-18(2)16-24-11-10-20(19(17-24)8-9-23(27)28)25-12-14-26(15-13-25)21-6-4-5-7-22(21)29-3/h4-7,18-20H,8-17H2,1-3H3,(H,27,28)/t19-,20+/m1/s1. The predicted molar refractivity (Wildman–Crippen MR) is 117 cm³/mol. The van der Waals surface area contributed by atoms with Gasteiger partial charge in [0.15, 0.2) is 0 Å². The van der Waals surface area contributed by atoms with E-state index in [1.807, 2.05) is 12.1 Å². The first-order chi connectivity index (χ1) is 14.0. The van der Waals surface area contributed by atoms with Crippen LogP contribution in [0.5, 0.6) is 5.75 Å². The summed E-state index contributed by atoms with van der Waals surface area (Å²) in [5.41, 5.74) is 1.17. The van der Waals surface area contributed by atoms with Crippen molar-refractivity contribution in [2.45, 2.75) is 39.2 Å². The van der Waals surface area contributed by atoms with Crippen LogP contribution >= 0.6 is 0 Å². The molecule has 2 aliphatic heterocycles. The van der Waals surface area contributed by atoms with E-state index in [9.17, 15) is 9.90 Å². The number of carboxylic acids is 1. The van der Waals surface area contributed by atoms with Crippen LogP contribution in [-0.2, 0) is 4.79 Å². The molecule has 0 aliphatic carbocycles. The lowest BCUT2D eigenvalue weighted by Crippen LogP contribution is -2.57. The number of carbonyl (C=O) groups is 1. The summed E-state index contributed by atoms with van der Waals surface area (Å²) >= 11 is 0. The molecule has 0 saturated carbocycles. The third-order valence-corrected chi connectivity index (χ3v) is 6.34. The average molecular weight is 404 g/mol. The van der Waals surface area contributed by atoms with E-state index >= 15 is 0 Å². The summed E-state index contributed by atoms with van der Waals surface area (Å²) in [4.78, 5) is 18.8. The number of benzene rings is 1. The Morgan fingerprint density at radius 1 is 1.17 bits per heavy atom. The molecule has 0 unspecified atom stereocenters. The van der Waals surface area contributed by atoms with Gasteiger partial charge in [-0.3, -0.25) is 9.69 Å². The lowest BCUT2D eigenvalue weighted by molar-refractivity contribution is -0.137. The maximum atomic E-state index is 11.2. The van der Waals surface area contributed by atoms with Crippen LogP contribution in [0.2, 0.25) is 0 Å². The first-order valence-corrected chi connectivity index (χ1v) is 11.0. The molecule has 3 rings (SSSR count). The maximum absolute atomic E-state index is 11.2. The highest BCUT2D eigenvalue weighted by Gasteiger charge is 2.35. The Labute approximate surface area is 175 Å². The molecule has 1 aromatic rings. The number of rotatable bonds is 8. The molecule has 2 fully saturated rings. The molecular weight excluding hydrogens is 366 g/mol. The third-order valence-electron chi connectivity index (χ3n) is 6.34. The molecule has 2 aliphatic rings. The van der Waals surface area contributed by atoms with Gasteiger partial charge in [-0.15, -0.1) is 0 Å². The minimum absolute atomic E-state index is 0.276. The molecule has 0 spiro atoms. The van der Waals surface area contributed by atoms with E-state index in [0.29, 0.717) is 17.9 Å². The van der Waals surface area contributed by atoms with Gasteiger partial charge in [0, 0.05) is 51.7 Å². The van der Waals surface area contributed by atoms with E-state index in [2.05, 4.69) is 40.7 Å². The lowest BCUT2D eigenvalue weighted by Gasteiger charge is -2.47. The maximum Gasteiger partial charge on any atom is 0.303 e. The summed E-state index contributed by atoms with van der Waals surface area (Å²) in [6.45, 7) is 11.8. The SMILES string of the molecule is COc1ccccc1N1CCN([C@H]2CCN(CC(C)C)C[C@H]2CCC(=O)O)CC1. The monoisotopic (exact) mass is 403 g/mol. The topological polar surface area (TPSA) is 56.2 Å². The number of carboxylic acid groups (broad SMARTS) is 1. The number of hydrogen-bond acceptors (Lipinski definition) is 5. The van der Waals surface area contributed by atoms with Gasteiger partial charge < -0.3 is 19.6 Å². The Morgan fingerprint density at radius 2 is 1.90 bits per heavy atom. The fourth-order valence-corrected chi connectivity index (χ4v) is 5.04. The normalized spacial score (nSPS) is 24.1. The number of methoxy groups -OCH3 is 1. The van der Waals surface area contributed by atoms with Gasteiger partial charge in [-0.1, -0.05) is 26.0 Å². The number of aliphatic carboxylic acids is 1. The van der Waals surface area contributed by atoms with Gasteiger partial charge >= 0.3 is 5.97 Å². The van der Waals surface area contributed by atoms with E-state index in [-0.39, 0.29) is 6.42 Å². The molecule has 2 saturated heterocycles. The largest absolute Gasteiger partial charge is 0.495 e. The van der Waals surface area contributed by atoms with Gasteiger partial charge in [-0.05, 0) is 43.4 Å². The van der Waals surface area contributed by atoms with Crippen LogP contribution in [0, 0.1) is 11.8 Å². The molecule has 6 nitrogen and oxygen atoms in total. The van der Waals surface area contributed by atoms with E-state index in [4.69, 9.17) is 4.74 Å². The molecule has 0 amide bonds. The zero-order valence-electron chi connectivity index (χ0n) is 18.2. The number of anilines is 1. The van der Waals surface area contributed by atoms with Gasteiger partial charge in [-0.25, -0.2) is 0 Å². The van der Waals surface area contributed by atoms with Crippen LogP contribution in [0.3, 0.4) is 0 Å². The summed E-state index contributed by atoms with van der Waals surface area (Å²) in [6, 6.07) is 8.73. The number of piperazine rings is 1. The highest BCUT2D eigenvalue weighted by atomic mass is 16.5. The van der Waals surface area contributed by atoms with Crippen molar-refractivity contribution in [3.63, 3.8) is 0 Å². The molecule has 1 N–H and O–H groups in total. The third kappa shape index (κ3) is 5.86. The lowest BCUT2D eigenvalue weighted by atomic mass is 9.86. The molecule has 2 heterocycles. The second kappa shape index (κ2) is 10.3. The Kier molecular flexibility index (Phi) is 7.78. The van der Waals surface area contributed by atoms with Crippen molar-refractivity contribution < 1.29 is 14.6 Å². The summed E-state index contributed by atoms with van der Waals surface area (Å²) in [6.07, 6.45) is 2.20. The van der Waals surface area contributed by atoms with Crippen molar-refractivity contribution >= 4 is 11.7 Å². The quantitative estimate of drug-likeness (QED) is 0.720. The van der Waals surface area contributed by atoms with E-state index in [1.54, 1.807) is 7.11 Å². The number of ether oxygens (including phenoxy) is 1. The zero-order chi connectivity index (χ0) is 20.8. The van der Waals surface area contributed by atoms with Crippen molar-refractivity contribution in [3.05, 3.63) is 24.3 Å². The van der Waals surface area contributed by atoms with Crippen LogP contribution < -0.4 is 9.64 Å². The summed E-state index contributed by atoms with van der Waals surface area (Å²) in [5.74, 6) is 1.35. The molecule has 2 atom stereocenters. The second-order valence-electron chi connectivity index (χ2n) is 8.90. The highest BCUT2D eigenvalue weighted by molar-refractivity contribution is 5.66. The van der Waals surface area contributed by atoms with Crippen LogP contribution in [0.4, 0.5) is 5.69 Å². The van der Waals surface area contributed by atoms with Crippen molar-refractivity contribution in [1.29, 1.82) is 0 Å². The number of para-hydroxylation sites is 2. The van der Waals surface area contributed by atoms with Crippen LogP contribution in [0.25, 0.3) is 0 Å². The Morgan fingerprint density at radius 3 is 2.55 bits per heavy atom. The molecule has 1 aromatic carbocycles. The smallest absolute Gasteiger partial charge is 0.303 e. The van der Waals surface area contributed by atoms with Crippen molar-refractivity contribution in [1.82, 2.24) is 9.80 Å². The Bertz CT molecular complexity index is 659. The molecule has 29 heavy (non-hydrogen) atoms. The summed E-state index contributed by atoms with van der Waals surface area (Å²) < 4.78 is 5.54. The Balaban J connectivity index is 1.62. The average Bonchev–Trinajstić information content (AvgIpc) is 2.72. The number of likely N-dealkylation sites (tertiary alicyclic amines) is 1. The van der Waals surface area contributed by atoms with Gasteiger partial charge in [0.25, 0.3) is 0 Å². The van der Waals surface area contributed by atoms with E-state index < -0.39 is 5.97 Å². The fourth-order valence-electron chi connectivity index (χ4n) is 5.04. The van der Waals surface area contributed by atoms with Crippen LogP contribution in [0.15, 0.2) is 24.3 Å². The summed E-state index contributed by atoms with van der Waals surface area (Å²) in [7, 11) is 1.73. The van der Waals surface area contributed by atoms with Crippen LogP contribution in [-0.4, -0.2) is 79.8 Å². The molecule has 6 heteroatoms. The van der Waals surface area contributed by atoms with E-state index in [1.165, 1.54) is 5.69 Å². The first kappa shape index (κ1) is 21.9. The fraction of sp³-hybridized carbons (Fsp3) is 0.696. The van der Waals surface area contributed by atoms with Crippen LogP contribution in [0.1, 0.15) is 33.1 Å². The minimum atomic E-state index is -0.675. The molecule has 162 valence electrons. The van der Waals surface area contributed by atoms with Gasteiger partial charge in [-0.2, -0.15) is 0 Å². The molecule has 0 aromatic heterocycles. The Hall–Kier alpha value is -1.79.